The van der Waals surface area contributed by atoms with E-state index in [1.54, 1.807) is 34.1 Å². The minimum absolute atomic E-state index is 0.0819. The van der Waals surface area contributed by atoms with Gasteiger partial charge in [0.25, 0.3) is 0 Å². The fourth-order valence-corrected chi connectivity index (χ4v) is 4.77. The van der Waals surface area contributed by atoms with Gasteiger partial charge in [0.15, 0.2) is 0 Å². The van der Waals surface area contributed by atoms with Gasteiger partial charge in [-0.05, 0) is 55.3 Å². The second kappa shape index (κ2) is 8.59. The van der Waals surface area contributed by atoms with Crippen molar-refractivity contribution in [1.82, 2.24) is 19.6 Å². The maximum Gasteiger partial charge on any atom is 0.320 e. The number of fused-ring (bicyclic) bond motifs is 1. The van der Waals surface area contributed by atoms with Crippen LogP contribution in [0.15, 0.2) is 48.5 Å². The van der Waals surface area contributed by atoms with Gasteiger partial charge in [0, 0.05) is 42.9 Å². The lowest BCUT2D eigenvalue weighted by Gasteiger charge is -2.32. The van der Waals surface area contributed by atoms with Gasteiger partial charge in [-0.25, -0.2) is 13.6 Å². The predicted molar refractivity (Wildman–Crippen MR) is 120 cm³/mol. The summed E-state index contributed by atoms with van der Waals surface area (Å²) in [4.78, 5) is 16.6. The monoisotopic (exact) mass is 452 g/mol. The van der Waals surface area contributed by atoms with Crippen LogP contribution in [0.4, 0.5) is 13.6 Å². The quantitative estimate of drug-likeness (QED) is 0.654. The molecular weight excluding hydrogens is 426 g/mol. The summed E-state index contributed by atoms with van der Waals surface area (Å²) >= 11 is 0. The summed E-state index contributed by atoms with van der Waals surface area (Å²) in [5.74, 6) is -0.613. The van der Waals surface area contributed by atoms with Crippen LogP contribution in [-0.2, 0) is 13.0 Å². The summed E-state index contributed by atoms with van der Waals surface area (Å²) in [6.07, 6.45) is 0.749. The Hall–Kier alpha value is -3.26. The molecule has 3 aromatic rings. The van der Waals surface area contributed by atoms with Crippen LogP contribution in [0.2, 0.25) is 0 Å². The number of carbonyl (C=O) groups is 1. The van der Waals surface area contributed by atoms with Crippen LogP contribution in [0.1, 0.15) is 36.2 Å². The first kappa shape index (κ1) is 21.6. The summed E-state index contributed by atoms with van der Waals surface area (Å²) in [6, 6.07) is 12.4. The van der Waals surface area contributed by atoms with Crippen LogP contribution >= 0.6 is 0 Å². The molecule has 0 aliphatic carbocycles. The number of hydrogen-bond donors (Lipinski definition) is 1. The Bertz CT molecular complexity index is 1160. The minimum Gasteiger partial charge on any atom is -0.391 e. The van der Waals surface area contributed by atoms with Crippen LogP contribution in [0, 0.1) is 11.6 Å². The predicted octanol–water partition coefficient (Wildman–Crippen LogP) is 3.98. The summed E-state index contributed by atoms with van der Waals surface area (Å²) in [5.41, 5.74) is 4.39. The van der Waals surface area contributed by atoms with Gasteiger partial charge in [-0.2, -0.15) is 5.10 Å². The third-order valence-corrected chi connectivity index (χ3v) is 6.63. The summed E-state index contributed by atoms with van der Waals surface area (Å²) < 4.78 is 29.0. The third kappa shape index (κ3) is 4.11. The topological polar surface area (TPSA) is 61.6 Å². The average Bonchev–Trinajstić information content (AvgIpc) is 3.43. The molecule has 2 amide bonds. The summed E-state index contributed by atoms with van der Waals surface area (Å²) in [5, 5.41) is 14.7. The number of nitrogens with zero attached hydrogens (tertiary/aromatic N) is 4. The van der Waals surface area contributed by atoms with Crippen LogP contribution in [0.25, 0.3) is 11.3 Å². The van der Waals surface area contributed by atoms with E-state index in [1.165, 1.54) is 24.3 Å². The van der Waals surface area contributed by atoms with E-state index in [2.05, 4.69) is 0 Å². The Labute approximate surface area is 191 Å². The van der Waals surface area contributed by atoms with Gasteiger partial charge >= 0.3 is 6.03 Å². The SMILES string of the molecule is C[C@@H](c1ccc(F)cc1)n1nc(-c2ccc(F)cc2)c2c1CCN(C(=O)N1CC[C@H](O)C1)C2. The van der Waals surface area contributed by atoms with E-state index in [1.807, 2.05) is 11.6 Å². The number of benzene rings is 2. The lowest BCUT2D eigenvalue weighted by Crippen LogP contribution is -2.44. The van der Waals surface area contributed by atoms with Crippen molar-refractivity contribution in [2.75, 3.05) is 19.6 Å². The Morgan fingerprint density at radius 3 is 2.33 bits per heavy atom. The first-order valence-electron chi connectivity index (χ1n) is 11.2. The number of likely N-dealkylation sites (tertiary alicyclic amines) is 1. The fourth-order valence-electron chi connectivity index (χ4n) is 4.77. The highest BCUT2D eigenvalue weighted by Crippen LogP contribution is 2.34. The number of amides is 2. The Balaban J connectivity index is 1.52. The first-order chi connectivity index (χ1) is 15.9. The number of carbonyl (C=O) groups excluding carboxylic acids is 1. The van der Waals surface area contributed by atoms with Crippen LogP contribution < -0.4 is 0 Å². The van der Waals surface area contributed by atoms with Gasteiger partial charge in [0.2, 0.25) is 0 Å². The molecule has 33 heavy (non-hydrogen) atoms. The number of rotatable bonds is 3. The number of β-amino-alcohol motifs (C(OH)–C–C–N with tert-alkyl or cyclic N) is 1. The normalized spacial score (nSPS) is 19.0. The number of aromatic nitrogens is 2. The van der Waals surface area contributed by atoms with Crippen molar-refractivity contribution in [2.45, 2.75) is 38.5 Å². The van der Waals surface area contributed by atoms with Gasteiger partial charge in [-0.3, -0.25) is 4.68 Å². The van der Waals surface area contributed by atoms with Crippen LogP contribution in [-0.4, -0.2) is 56.5 Å². The molecule has 1 fully saturated rings. The third-order valence-electron chi connectivity index (χ3n) is 6.63. The van der Waals surface area contributed by atoms with Gasteiger partial charge in [-0.1, -0.05) is 12.1 Å². The van der Waals surface area contributed by atoms with Gasteiger partial charge in [0.1, 0.15) is 11.6 Å². The van der Waals surface area contributed by atoms with Crippen LogP contribution in [0.3, 0.4) is 0 Å². The molecule has 0 bridgehead atoms. The van der Waals surface area contributed by atoms with Crippen LogP contribution in [0.5, 0.6) is 0 Å². The molecule has 0 radical (unpaired) electrons. The maximum absolute atomic E-state index is 13.6. The van der Waals surface area contributed by atoms with E-state index in [4.69, 9.17) is 5.10 Å². The summed E-state index contributed by atoms with van der Waals surface area (Å²) in [7, 11) is 0. The van der Waals surface area contributed by atoms with Crippen molar-refractivity contribution in [2.24, 2.45) is 0 Å². The molecule has 6 nitrogen and oxygen atoms in total. The number of urea groups is 1. The Kier molecular flexibility index (Phi) is 5.62. The zero-order valence-electron chi connectivity index (χ0n) is 18.4. The van der Waals surface area contributed by atoms with Crippen molar-refractivity contribution in [3.05, 3.63) is 77.0 Å². The highest BCUT2D eigenvalue weighted by Gasteiger charge is 2.33. The molecule has 0 unspecified atom stereocenters. The zero-order chi connectivity index (χ0) is 23.1. The molecule has 3 heterocycles. The summed E-state index contributed by atoms with van der Waals surface area (Å²) in [6.45, 7) is 3.85. The van der Waals surface area contributed by atoms with Crippen molar-refractivity contribution in [3.63, 3.8) is 0 Å². The van der Waals surface area contributed by atoms with Gasteiger partial charge < -0.3 is 14.9 Å². The van der Waals surface area contributed by atoms with E-state index in [-0.39, 0.29) is 23.7 Å². The molecule has 2 aliphatic rings. The smallest absolute Gasteiger partial charge is 0.320 e. The Morgan fingerprint density at radius 2 is 1.70 bits per heavy atom. The van der Waals surface area contributed by atoms with Gasteiger partial charge in [0.05, 0.1) is 24.4 Å². The first-order valence-corrected chi connectivity index (χ1v) is 11.2. The zero-order valence-corrected chi connectivity index (χ0v) is 18.4. The molecule has 2 atom stereocenters. The van der Waals surface area contributed by atoms with E-state index < -0.39 is 6.10 Å². The van der Waals surface area contributed by atoms with Gasteiger partial charge in [-0.15, -0.1) is 0 Å². The lowest BCUT2D eigenvalue weighted by atomic mass is 10.00. The molecular formula is C25H26F2N4O2. The molecule has 5 rings (SSSR count). The molecule has 8 heteroatoms. The molecule has 2 aliphatic heterocycles. The van der Waals surface area contributed by atoms with E-state index in [9.17, 15) is 18.7 Å². The molecule has 2 aromatic carbocycles. The molecule has 0 spiro atoms. The Morgan fingerprint density at radius 1 is 1.03 bits per heavy atom. The number of hydrogen-bond acceptors (Lipinski definition) is 3. The van der Waals surface area contributed by atoms with E-state index in [0.717, 1.165) is 28.1 Å². The maximum atomic E-state index is 13.6. The number of aliphatic hydroxyl groups excluding tert-OH is 1. The molecule has 0 saturated carbocycles. The lowest BCUT2D eigenvalue weighted by molar-refractivity contribution is 0.142. The highest BCUT2D eigenvalue weighted by atomic mass is 19.1. The largest absolute Gasteiger partial charge is 0.391 e. The number of aliphatic hydroxyl groups is 1. The van der Waals surface area contributed by atoms with Crippen molar-refractivity contribution >= 4 is 6.03 Å². The van der Waals surface area contributed by atoms with Crippen molar-refractivity contribution < 1.29 is 18.7 Å². The highest BCUT2D eigenvalue weighted by molar-refractivity contribution is 5.76. The standard InChI is InChI=1S/C25H26F2N4O2/c1-16(17-2-6-19(26)7-3-17)31-23-11-13-30(25(33)29-12-10-21(32)14-29)15-22(23)24(28-31)18-4-8-20(27)9-5-18/h2-9,16,21,32H,10-15H2,1H3/t16-,21-/m0/s1. The van der Waals surface area contributed by atoms with Crippen molar-refractivity contribution in [1.29, 1.82) is 0 Å². The molecule has 1 saturated heterocycles. The van der Waals surface area contributed by atoms with E-state index in [0.29, 0.717) is 39.0 Å². The number of halogens is 2. The second-order valence-corrected chi connectivity index (χ2v) is 8.80. The second-order valence-electron chi connectivity index (χ2n) is 8.80. The van der Waals surface area contributed by atoms with Crippen molar-refractivity contribution in [3.8, 4) is 11.3 Å². The minimum atomic E-state index is -0.469. The molecule has 172 valence electrons. The van der Waals surface area contributed by atoms with E-state index >= 15 is 0 Å². The average molecular weight is 453 g/mol. The molecule has 1 N–H and O–H groups in total. The molecule has 1 aromatic heterocycles. The fraction of sp³-hybridized carbons (Fsp3) is 0.360.